The summed E-state index contributed by atoms with van der Waals surface area (Å²) in [5.41, 5.74) is 0.942. The van der Waals surface area contributed by atoms with Gasteiger partial charge < -0.3 is 15.2 Å². The number of nitrogens with one attached hydrogen (secondary N) is 1. The van der Waals surface area contributed by atoms with Crippen LogP contribution in [0.25, 0.3) is 0 Å². The molecular formula is C15H14BrNO4. The average molecular weight is 352 g/mol. The Morgan fingerprint density at radius 1 is 1.19 bits per heavy atom. The lowest BCUT2D eigenvalue weighted by Gasteiger charge is -2.21. The van der Waals surface area contributed by atoms with Gasteiger partial charge in [0.15, 0.2) is 0 Å². The SMILES string of the molecule is O=C(NCc1ccccc1Br)[C@@H]1[C@@H](C(=O)O)[C@H]2C=C[C@@H]1O2. The van der Waals surface area contributed by atoms with Crippen LogP contribution in [0.5, 0.6) is 0 Å². The molecule has 1 aromatic carbocycles. The zero-order chi connectivity index (χ0) is 15.0. The maximum absolute atomic E-state index is 12.3. The first-order valence-electron chi connectivity index (χ1n) is 6.65. The molecule has 0 unspecified atom stereocenters. The predicted octanol–water partition coefficient (Wildman–Crippen LogP) is 1.72. The van der Waals surface area contributed by atoms with E-state index in [1.807, 2.05) is 24.3 Å². The van der Waals surface area contributed by atoms with Gasteiger partial charge in [-0.1, -0.05) is 46.3 Å². The number of rotatable bonds is 4. The minimum absolute atomic E-state index is 0.282. The number of hydrogen-bond acceptors (Lipinski definition) is 3. The number of fused-ring (bicyclic) bond motifs is 2. The summed E-state index contributed by atoms with van der Waals surface area (Å²) in [6, 6.07) is 7.57. The van der Waals surface area contributed by atoms with Crippen molar-refractivity contribution in [3.63, 3.8) is 0 Å². The summed E-state index contributed by atoms with van der Waals surface area (Å²) >= 11 is 3.42. The van der Waals surface area contributed by atoms with Crippen LogP contribution in [0.1, 0.15) is 5.56 Å². The van der Waals surface area contributed by atoms with Crippen LogP contribution in [-0.2, 0) is 20.9 Å². The highest BCUT2D eigenvalue weighted by molar-refractivity contribution is 9.10. The minimum atomic E-state index is -0.993. The third-order valence-corrected chi connectivity index (χ3v) is 4.67. The lowest BCUT2D eigenvalue weighted by atomic mass is 9.82. The van der Waals surface area contributed by atoms with Crippen molar-refractivity contribution in [2.45, 2.75) is 18.8 Å². The Kier molecular flexibility index (Phi) is 3.82. The summed E-state index contributed by atoms with van der Waals surface area (Å²) in [7, 11) is 0. The third-order valence-electron chi connectivity index (χ3n) is 3.90. The fraction of sp³-hybridized carbons (Fsp3) is 0.333. The Morgan fingerprint density at radius 2 is 1.86 bits per heavy atom. The zero-order valence-electron chi connectivity index (χ0n) is 11.0. The minimum Gasteiger partial charge on any atom is -0.481 e. The molecule has 4 atom stereocenters. The van der Waals surface area contributed by atoms with Crippen LogP contribution in [0.4, 0.5) is 0 Å². The molecule has 2 heterocycles. The number of benzene rings is 1. The van der Waals surface area contributed by atoms with E-state index in [0.29, 0.717) is 6.54 Å². The van der Waals surface area contributed by atoms with Gasteiger partial charge in [0.25, 0.3) is 0 Å². The molecule has 0 radical (unpaired) electrons. The van der Waals surface area contributed by atoms with E-state index >= 15 is 0 Å². The van der Waals surface area contributed by atoms with Crippen molar-refractivity contribution in [3.8, 4) is 0 Å². The molecule has 3 rings (SSSR count). The van der Waals surface area contributed by atoms with Crippen molar-refractivity contribution in [1.29, 1.82) is 0 Å². The molecule has 0 aromatic heterocycles. The van der Waals surface area contributed by atoms with Crippen LogP contribution in [0.15, 0.2) is 40.9 Å². The molecular weight excluding hydrogens is 338 g/mol. The number of carboxylic acids is 1. The highest BCUT2D eigenvalue weighted by Gasteiger charge is 2.53. The van der Waals surface area contributed by atoms with Gasteiger partial charge in [-0.05, 0) is 11.6 Å². The Balaban J connectivity index is 1.69. The molecule has 1 aromatic rings. The molecule has 2 aliphatic rings. The Hall–Kier alpha value is -1.66. The molecule has 0 aliphatic carbocycles. The second kappa shape index (κ2) is 5.61. The quantitative estimate of drug-likeness (QED) is 0.810. The van der Waals surface area contributed by atoms with Gasteiger partial charge in [0.2, 0.25) is 5.91 Å². The average Bonchev–Trinajstić information content (AvgIpc) is 3.06. The molecule has 2 bridgehead atoms. The standard InChI is InChI=1S/C15H14BrNO4/c16-9-4-2-1-3-8(9)7-17-14(18)12-10-5-6-11(21-10)13(12)15(19)20/h1-6,10-13H,7H2,(H,17,18)(H,19,20)/t10-,11+,12-,13-/m0/s1. The summed E-state index contributed by atoms with van der Waals surface area (Å²) in [5, 5.41) is 12.1. The van der Waals surface area contributed by atoms with Crippen LogP contribution in [-0.4, -0.2) is 29.2 Å². The van der Waals surface area contributed by atoms with Gasteiger partial charge in [-0.3, -0.25) is 9.59 Å². The topological polar surface area (TPSA) is 75.6 Å². The first-order valence-corrected chi connectivity index (χ1v) is 7.45. The van der Waals surface area contributed by atoms with E-state index in [4.69, 9.17) is 4.74 Å². The molecule has 6 heteroatoms. The first kappa shape index (κ1) is 14.3. The number of halogens is 1. The summed E-state index contributed by atoms with van der Waals surface area (Å²) in [5.74, 6) is -2.75. The highest BCUT2D eigenvalue weighted by Crippen LogP contribution is 2.39. The smallest absolute Gasteiger partial charge is 0.310 e. The number of amides is 1. The Morgan fingerprint density at radius 3 is 2.52 bits per heavy atom. The third kappa shape index (κ3) is 2.61. The molecule has 0 spiro atoms. The Labute approximate surface area is 130 Å². The van der Waals surface area contributed by atoms with E-state index in [0.717, 1.165) is 10.0 Å². The number of hydrogen-bond donors (Lipinski definition) is 2. The van der Waals surface area contributed by atoms with Gasteiger partial charge in [-0.2, -0.15) is 0 Å². The molecule has 1 amide bonds. The van der Waals surface area contributed by atoms with E-state index in [1.165, 1.54) is 0 Å². The Bertz CT molecular complexity index is 615. The number of carbonyl (C=O) groups is 2. The van der Waals surface area contributed by atoms with Crippen LogP contribution in [0.2, 0.25) is 0 Å². The van der Waals surface area contributed by atoms with Gasteiger partial charge >= 0.3 is 5.97 Å². The lowest BCUT2D eigenvalue weighted by Crippen LogP contribution is -2.42. The molecule has 1 saturated heterocycles. The van der Waals surface area contributed by atoms with E-state index in [2.05, 4.69) is 21.2 Å². The summed E-state index contributed by atoms with van der Waals surface area (Å²) in [6.07, 6.45) is 2.57. The predicted molar refractivity (Wildman–Crippen MR) is 78.4 cm³/mol. The number of carboxylic acid groups (broad SMARTS) is 1. The summed E-state index contributed by atoms with van der Waals surface area (Å²) in [4.78, 5) is 23.7. The van der Waals surface area contributed by atoms with Gasteiger partial charge in [0, 0.05) is 11.0 Å². The van der Waals surface area contributed by atoms with Gasteiger partial charge in [0.05, 0.1) is 18.1 Å². The van der Waals surface area contributed by atoms with Crippen molar-refractivity contribution in [1.82, 2.24) is 5.32 Å². The van der Waals surface area contributed by atoms with Crippen molar-refractivity contribution in [2.75, 3.05) is 0 Å². The number of carbonyl (C=O) groups excluding carboxylic acids is 1. The second-order valence-electron chi connectivity index (χ2n) is 5.15. The monoisotopic (exact) mass is 351 g/mol. The van der Waals surface area contributed by atoms with Crippen molar-refractivity contribution >= 4 is 27.8 Å². The van der Waals surface area contributed by atoms with Crippen LogP contribution >= 0.6 is 15.9 Å². The van der Waals surface area contributed by atoms with Gasteiger partial charge in [-0.15, -0.1) is 0 Å². The molecule has 110 valence electrons. The van der Waals surface area contributed by atoms with Crippen LogP contribution in [0.3, 0.4) is 0 Å². The molecule has 5 nitrogen and oxygen atoms in total. The summed E-state index contributed by atoms with van der Waals surface area (Å²) in [6.45, 7) is 0.351. The maximum atomic E-state index is 12.3. The van der Waals surface area contributed by atoms with Gasteiger partial charge in [-0.25, -0.2) is 0 Å². The fourth-order valence-electron chi connectivity index (χ4n) is 2.86. The van der Waals surface area contributed by atoms with E-state index in [9.17, 15) is 14.7 Å². The molecule has 2 aliphatic heterocycles. The maximum Gasteiger partial charge on any atom is 0.310 e. The zero-order valence-corrected chi connectivity index (χ0v) is 12.6. The van der Waals surface area contributed by atoms with Crippen molar-refractivity contribution < 1.29 is 19.4 Å². The van der Waals surface area contributed by atoms with Crippen molar-refractivity contribution in [2.24, 2.45) is 11.8 Å². The molecule has 2 N–H and O–H groups in total. The first-order chi connectivity index (χ1) is 10.1. The largest absolute Gasteiger partial charge is 0.481 e. The fourth-order valence-corrected chi connectivity index (χ4v) is 3.28. The van der Waals surface area contributed by atoms with E-state index in [-0.39, 0.29) is 5.91 Å². The van der Waals surface area contributed by atoms with Crippen molar-refractivity contribution in [3.05, 3.63) is 46.5 Å². The van der Waals surface area contributed by atoms with Gasteiger partial charge in [0.1, 0.15) is 5.92 Å². The molecule has 1 fully saturated rings. The van der Waals surface area contributed by atoms with Crippen LogP contribution < -0.4 is 5.32 Å². The van der Waals surface area contributed by atoms with Crippen LogP contribution in [0, 0.1) is 11.8 Å². The summed E-state index contributed by atoms with van der Waals surface area (Å²) < 4.78 is 6.40. The second-order valence-corrected chi connectivity index (χ2v) is 6.00. The molecule has 0 saturated carbocycles. The number of aliphatic carboxylic acids is 1. The lowest BCUT2D eigenvalue weighted by molar-refractivity contribution is -0.146. The molecule has 21 heavy (non-hydrogen) atoms. The highest BCUT2D eigenvalue weighted by atomic mass is 79.9. The number of ether oxygens (including phenoxy) is 1. The van der Waals surface area contributed by atoms with E-state index in [1.54, 1.807) is 12.2 Å². The van der Waals surface area contributed by atoms with E-state index < -0.39 is 30.0 Å². The normalized spacial score (nSPS) is 29.6.